The van der Waals surface area contributed by atoms with E-state index in [2.05, 4.69) is 22.5 Å². The highest BCUT2D eigenvalue weighted by Crippen LogP contribution is 2.09. The van der Waals surface area contributed by atoms with E-state index in [1.807, 2.05) is 0 Å². The van der Waals surface area contributed by atoms with E-state index in [-0.39, 0.29) is 12.5 Å². The maximum absolute atomic E-state index is 11.5. The second-order valence-corrected chi connectivity index (χ2v) is 5.60. The van der Waals surface area contributed by atoms with Gasteiger partial charge in [0.1, 0.15) is 0 Å². The number of amides is 2. The molecule has 1 aliphatic heterocycles. The van der Waals surface area contributed by atoms with Crippen LogP contribution in [0.1, 0.15) is 39.0 Å². The Kier molecular flexibility index (Phi) is 8.02. The first-order valence-corrected chi connectivity index (χ1v) is 7.54. The van der Waals surface area contributed by atoms with E-state index in [1.54, 1.807) is 0 Å². The Hall–Kier alpha value is -1.30. The summed E-state index contributed by atoms with van der Waals surface area (Å²) in [5.74, 6) is -0.337. The lowest BCUT2D eigenvalue weighted by atomic mass is 10.1. The first-order chi connectivity index (χ1) is 9.58. The van der Waals surface area contributed by atoms with Crippen molar-refractivity contribution in [1.82, 2.24) is 15.5 Å². The lowest BCUT2D eigenvalue weighted by molar-refractivity contribution is -0.137. The lowest BCUT2D eigenvalue weighted by Crippen LogP contribution is -2.40. The molecule has 0 spiro atoms. The van der Waals surface area contributed by atoms with E-state index in [4.69, 9.17) is 5.11 Å². The van der Waals surface area contributed by atoms with Crippen LogP contribution in [0, 0.1) is 5.92 Å². The van der Waals surface area contributed by atoms with E-state index in [1.165, 1.54) is 25.9 Å². The smallest absolute Gasteiger partial charge is 0.314 e. The molecule has 0 radical (unpaired) electrons. The van der Waals surface area contributed by atoms with E-state index in [0.29, 0.717) is 31.8 Å². The molecule has 20 heavy (non-hydrogen) atoms. The number of hydrogen-bond donors (Lipinski definition) is 3. The number of hydrogen-bond acceptors (Lipinski definition) is 3. The summed E-state index contributed by atoms with van der Waals surface area (Å²) in [5, 5.41) is 14.1. The molecule has 1 unspecified atom stereocenters. The van der Waals surface area contributed by atoms with Gasteiger partial charge in [0.2, 0.25) is 0 Å². The molecule has 0 saturated carbocycles. The normalized spacial score (nSPS) is 16.9. The third-order valence-electron chi connectivity index (χ3n) is 3.48. The zero-order valence-corrected chi connectivity index (χ0v) is 12.4. The maximum Gasteiger partial charge on any atom is 0.314 e. The van der Waals surface area contributed by atoms with Gasteiger partial charge in [-0.25, -0.2) is 4.79 Å². The van der Waals surface area contributed by atoms with Gasteiger partial charge in [0.25, 0.3) is 0 Å². The highest BCUT2D eigenvalue weighted by Gasteiger charge is 2.14. The van der Waals surface area contributed by atoms with Gasteiger partial charge in [-0.15, -0.1) is 0 Å². The Bertz CT molecular complexity index is 304. The van der Waals surface area contributed by atoms with Crippen molar-refractivity contribution >= 4 is 12.0 Å². The number of carbonyl (C=O) groups excluding carboxylic acids is 1. The zero-order valence-electron chi connectivity index (χ0n) is 12.4. The van der Waals surface area contributed by atoms with Crippen molar-refractivity contribution in [3.05, 3.63) is 0 Å². The van der Waals surface area contributed by atoms with Crippen LogP contribution in [0.2, 0.25) is 0 Å². The molecular formula is C14H27N3O3. The SMILES string of the molecule is CC(CNC(=O)NCCCCC(=O)O)CN1CCCC1. The first kappa shape index (κ1) is 16.8. The topological polar surface area (TPSA) is 81.7 Å². The molecule has 0 bridgehead atoms. The van der Waals surface area contributed by atoms with Crippen molar-refractivity contribution in [3.8, 4) is 0 Å². The Morgan fingerprint density at radius 3 is 2.55 bits per heavy atom. The average molecular weight is 285 g/mol. The number of carboxylic acid groups (broad SMARTS) is 1. The van der Waals surface area contributed by atoms with Crippen molar-refractivity contribution in [2.24, 2.45) is 5.92 Å². The predicted octanol–water partition coefficient (Wildman–Crippen LogP) is 1.27. The number of unbranched alkanes of at least 4 members (excludes halogenated alkanes) is 1. The number of carboxylic acids is 1. The fourth-order valence-electron chi connectivity index (χ4n) is 2.40. The molecule has 0 aromatic carbocycles. The van der Waals surface area contributed by atoms with Crippen molar-refractivity contribution in [2.45, 2.75) is 39.0 Å². The van der Waals surface area contributed by atoms with E-state index in [0.717, 1.165) is 6.54 Å². The molecule has 3 N–H and O–H groups in total. The van der Waals surface area contributed by atoms with Crippen LogP contribution in [0.3, 0.4) is 0 Å². The number of nitrogens with one attached hydrogen (secondary N) is 2. The monoisotopic (exact) mass is 285 g/mol. The molecule has 6 nitrogen and oxygen atoms in total. The van der Waals surface area contributed by atoms with E-state index in [9.17, 15) is 9.59 Å². The Morgan fingerprint density at radius 2 is 1.90 bits per heavy atom. The standard InChI is InChI=1S/C14H27N3O3/c1-12(11-17-8-4-5-9-17)10-16-14(20)15-7-3-2-6-13(18)19/h12H,2-11H2,1H3,(H,18,19)(H2,15,16,20). The average Bonchev–Trinajstić information content (AvgIpc) is 2.88. The molecule has 1 atom stereocenters. The molecule has 0 aliphatic carbocycles. The fraction of sp³-hybridized carbons (Fsp3) is 0.857. The Balaban J connectivity index is 1.97. The molecule has 1 saturated heterocycles. The van der Waals surface area contributed by atoms with Crippen LogP contribution in [0.5, 0.6) is 0 Å². The molecule has 2 amide bonds. The van der Waals surface area contributed by atoms with Gasteiger partial charge in [0.15, 0.2) is 0 Å². The highest BCUT2D eigenvalue weighted by atomic mass is 16.4. The van der Waals surface area contributed by atoms with Crippen LogP contribution >= 0.6 is 0 Å². The lowest BCUT2D eigenvalue weighted by Gasteiger charge is -2.20. The number of aliphatic carboxylic acids is 1. The zero-order chi connectivity index (χ0) is 14.8. The van der Waals surface area contributed by atoms with Crippen LogP contribution in [0.25, 0.3) is 0 Å². The minimum Gasteiger partial charge on any atom is -0.481 e. The summed E-state index contributed by atoms with van der Waals surface area (Å²) >= 11 is 0. The van der Waals surface area contributed by atoms with Crippen molar-refractivity contribution in [3.63, 3.8) is 0 Å². The predicted molar refractivity (Wildman–Crippen MR) is 77.7 cm³/mol. The van der Waals surface area contributed by atoms with Gasteiger partial charge in [0.05, 0.1) is 0 Å². The molecular weight excluding hydrogens is 258 g/mol. The Labute approximate surface area is 120 Å². The highest BCUT2D eigenvalue weighted by molar-refractivity contribution is 5.73. The molecule has 1 fully saturated rings. The van der Waals surface area contributed by atoms with Crippen LogP contribution < -0.4 is 10.6 Å². The Morgan fingerprint density at radius 1 is 1.20 bits per heavy atom. The number of urea groups is 1. The fourth-order valence-corrected chi connectivity index (χ4v) is 2.40. The summed E-state index contributed by atoms with van der Waals surface area (Å²) in [6, 6.07) is -0.159. The van der Waals surface area contributed by atoms with Gasteiger partial charge in [-0.3, -0.25) is 4.79 Å². The molecule has 1 rings (SSSR count). The minimum absolute atomic E-state index is 0.159. The molecule has 6 heteroatoms. The third-order valence-corrected chi connectivity index (χ3v) is 3.48. The van der Waals surface area contributed by atoms with Gasteiger partial charge in [-0.05, 0) is 44.7 Å². The first-order valence-electron chi connectivity index (χ1n) is 7.54. The minimum atomic E-state index is -0.787. The summed E-state index contributed by atoms with van der Waals surface area (Å²) in [4.78, 5) is 24.3. The van der Waals surface area contributed by atoms with Crippen molar-refractivity contribution in [2.75, 3.05) is 32.7 Å². The van der Waals surface area contributed by atoms with E-state index >= 15 is 0 Å². The van der Waals surface area contributed by atoms with Crippen molar-refractivity contribution in [1.29, 1.82) is 0 Å². The summed E-state index contributed by atoms with van der Waals surface area (Å²) in [7, 11) is 0. The summed E-state index contributed by atoms with van der Waals surface area (Å²) in [5.41, 5.74) is 0. The van der Waals surface area contributed by atoms with Gasteiger partial charge in [0, 0.05) is 26.1 Å². The molecule has 0 aromatic rings. The largest absolute Gasteiger partial charge is 0.481 e. The number of likely N-dealkylation sites (tertiary alicyclic amines) is 1. The maximum atomic E-state index is 11.5. The third kappa shape index (κ3) is 7.99. The van der Waals surface area contributed by atoms with Crippen LogP contribution in [-0.4, -0.2) is 54.7 Å². The second-order valence-electron chi connectivity index (χ2n) is 5.60. The quantitative estimate of drug-likeness (QED) is 0.557. The van der Waals surface area contributed by atoms with Gasteiger partial charge < -0.3 is 20.6 Å². The molecule has 0 aromatic heterocycles. The van der Waals surface area contributed by atoms with Gasteiger partial charge in [-0.1, -0.05) is 6.92 Å². The van der Waals surface area contributed by atoms with Crippen LogP contribution in [-0.2, 0) is 4.79 Å². The molecule has 1 aliphatic rings. The number of nitrogens with zero attached hydrogens (tertiary/aromatic N) is 1. The molecule has 1 heterocycles. The van der Waals surface area contributed by atoms with E-state index < -0.39 is 5.97 Å². The number of carbonyl (C=O) groups is 2. The summed E-state index contributed by atoms with van der Waals surface area (Å²) < 4.78 is 0. The molecule has 116 valence electrons. The van der Waals surface area contributed by atoms with Gasteiger partial charge >= 0.3 is 12.0 Å². The second kappa shape index (κ2) is 9.58. The summed E-state index contributed by atoms with van der Waals surface area (Å²) in [6.45, 7) is 6.75. The van der Waals surface area contributed by atoms with Crippen LogP contribution in [0.15, 0.2) is 0 Å². The number of rotatable bonds is 9. The summed E-state index contributed by atoms with van der Waals surface area (Å²) in [6.07, 6.45) is 4.04. The van der Waals surface area contributed by atoms with Gasteiger partial charge in [-0.2, -0.15) is 0 Å². The van der Waals surface area contributed by atoms with Crippen molar-refractivity contribution < 1.29 is 14.7 Å². The van der Waals surface area contributed by atoms with Crippen LogP contribution in [0.4, 0.5) is 4.79 Å².